The molecule has 0 amide bonds. The monoisotopic (exact) mass is 246 g/mol. The molecule has 0 bridgehead atoms. The fourth-order valence-corrected chi connectivity index (χ4v) is 3.58. The SMILES string of the molecule is CCN(CC)CC(C)NC1CCS(=O)CC1. The van der Waals surface area contributed by atoms with E-state index in [1.54, 1.807) is 0 Å². The van der Waals surface area contributed by atoms with Crippen molar-refractivity contribution in [1.29, 1.82) is 0 Å². The highest BCUT2D eigenvalue weighted by atomic mass is 32.2. The second-order valence-corrected chi connectivity index (χ2v) is 6.37. The van der Waals surface area contributed by atoms with Gasteiger partial charge in [0, 0.05) is 40.9 Å². The predicted octanol–water partition coefficient (Wildman–Crippen LogP) is 1.22. The van der Waals surface area contributed by atoms with Gasteiger partial charge in [0.1, 0.15) is 0 Å². The van der Waals surface area contributed by atoms with Gasteiger partial charge in [0.05, 0.1) is 0 Å². The Bertz CT molecular complexity index is 209. The molecule has 96 valence electrons. The number of likely N-dealkylation sites (N-methyl/N-ethyl adjacent to an activating group) is 1. The number of rotatable bonds is 6. The van der Waals surface area contributed by atoms with Crippen molar-refractivity contribution < 1.29 is 4.21 Å². The lowest BCUT2D eigenvalue weighted by molar-refractivity contribution is 0.258. The molecule has 0 aromatic heterocycles. The number of hydrogen-bond donors (Lipinski definition) is 1. The maximum Gasteiger partial charge on any atom is 0.0249 e. The fourth-order valence-electron chi connectivity index (χ4n) is 2.28. The highest BCUT2D eigenvalue weighted by molar-refractivity contribution is 7.85. The van der Waals surface area contributed by atoms with Crippen LogP contribution in [0.5, 0.6) is 0 Å². The predicted molar refractivity (Wildman–Crippen MR) is 71.3 cm³/mol. The highest BCUT2D eigenvalue weighted by Gasteiger charge is 2.19. The van der Waals surface area contributed by atoms with Gasteiger partial charge in [-0.1, -0.05) is 13.8 Å². The van der Waals surface area contributed by atoms with Gasteiger partial charge in [-0.15, -0.1) is 0 Å². The molecular weight excluding hydrogens is 220 g/mol. The molecule has 1 rings (SSSR count). The molecule has 1 aliphatic heterocycles. The first kappa shape index (κ1) is 14.1. The second kappa shape index (κ2) is 7.41. The largest absolute Gasteiger partial charge is 0.310 e. The summed E-state index contributed by atoms with van der Waals surface area (Å²) in [5.74, 6) is 1.77. The van der Waals surface area contributed by atoms with Gasteiger partial charge in [0.15, 0.2) is 0 Å². The van der Waals surface area contributed by atoms with Crippen LogP contribution in [0.4, 0.5) is 0 Å². The van der Waals surface area contributed by atoms with Crippen LogP contribution in [-0.4, -0.2) is 52.3 Å². The first-order valence-electron chi connectivity index (χ1n) is 6.49. The zero-order valence-electron chi connectivity index (χ0n) is 10.9. The maximum atomic E-state index is 11.2. The molecule has 4 heteroatoms. The van der Waals surface area contributed by atoms with E-state index < -0.39 is 10.8 Å². The lowest BCUT2D eigenvalue weighted by Gasteiger charge is -2.29. The quantitative estimate of drug-likeness (QED) is 0.765. The molecule has 1 aliphatic rings. The summed E-state index contributed by atoms with van der Waals surface area (Å²) in [6.45, 7) is 10.0. The van der Waals surface area contributed by atoms with Crippen molar-refractivity contribution in [2.45, 2.75) is 45.7 Å². The zero-order valence-corrected chi connectivity index (χ0v) is 11.7. The van der Waals surface area contributed by atoms with Gasteiger partial charge in [0.25, 0.3) is 0 Å². The molecule has 1 atom stereocenters. The Labute approximate surface area is 102 Å². The van der Waals surface area contributed by atoms with Crippen LogP contribution in [0.1, 0.15) is 33.6 Å². The van der Waals surface area contributed by atoms with Crippen molar-refractivity contribution in [2.75, 3.05) is 31.1 Å². The Balaban J connectivity index is 2.23. The topological polar surface area (TPSA) is 32.3 Å². The van der Waals surface area contributed by atoms with Crippen LogP contribution in [0.25, 0.3) is 0 Å². The first-order chi connectivity index (χ1) is 7.65. The van der Waals surface area contributed by atoms with Crippen molar-refractivity contribution in [1.82, 2.24) is 10.2 Å². The minimum atomic E-state index is -0.540. The molecule has 1 saturated heterocycles. The van der Waals surface area contributed by atoms with Crippen molar-refractivity contribution in [3.8, 4) is 0 Å². The van der Waals surface area contributed by atoms with Gasteiger partial charge in [-0.2, -0.15) is 0 Å². The van der Waals surface area contributed by atoms with Gasteiger partial charge < -0.3 is 10.2 Å². The number of hydrogen-bond acceptors (Lipinski definition) is 3. The average molecular weight is 246 g/mol. The van der Waals surface area contributed by atoms with Crippen molar-refractivity contribution in [3.63, 3.8) is 0 Å². The lowest BCUT2D eigenvalue weighted by Crippen LogP contribution is -2.46. The van der Waals surface area contributed by atoms with Crippen LogP contribution in [-0.2, 0) is 10.8 Å². The molecule has 16 heavy (non-hydrogen) atoms. The molecule has 1 unspecified atom stereocenters. The zero-order chi connectivity index (χ0) is 12.0. The molecule has 1 fully saturated rings. The average Bonchev–Trinajstić information content (AvgIpc) is 2.29. The van der Waals surface area contributed by atoms with E-state index in [2.05, 4.69) is 31.0 Å². The Hall–Kier alpha value is 0.0700. The van der Waals surface area contributed by atoms with Crippen LogP contribution in [0.15, 0.2) is 0 Å². The maximum absolute atomic E-state index is 11.2. The Kier molecular flexibility index (Phi) is 6.54. The Morgan fingerprint density at radius 3 is 2.38 bits per heavy atom. The minimum Gasteiger partial charge on any atom is -0.310 e. The van der Waals surface area contributed by atoms with Crippen molar-refractivity contribution >= 4 is 10.8 Å². The minimum absolute atomic E-state index is 0.538. The third kappa shape index (κ3) is 4.93. The Morgan fingerprint density at radius 1 is 1.31 bits per heavy atom. The van der Waals surface area contributed by atoms with Crippen LogP contribution >= 0.6 is 0 Å². The van der Waals surface area contributed by atoms with Gasteiger partial charge in [-0.25, -0.2) is 0 Å². The molecule has 0 aromatic rings. The standard InChI is InChI=1S/C12H26N2OS/c1-4-14(5-2)10-11(3)13-12-6-8-16(15)9-7-12/h11-13H,4-10H2,1-3H3. The van der Waals surface area contributed by atoms with E-state index in [-0.39, 0.29) is 0 Å². The number of nitrogens with zero attached hydrogens (tertiary/aromatic N) is 1. The molecule has 1 N–H and O–H groups in total. The van der Waals surface area contributed by atoms with E-state index in [0.29, 0.717) is 12.1 Å². The molecule has 0 spiro atoms. The molecule has 0 aliphatic carbocycles. The Morgan fingerprint density at radius 2 is 1.88 bits per heavy atom. The van der Waals surface area contributed by atoms with Crippen molar-refractivity contribution in [3.05, 3.63) is 0 Å². The summed E-state index contributed by atoms with van der Waals surface area (Å²) in [7, 11) is -0.540. The first-order valence-corrected chi connectivity index (χ1v) is 7.97. The van der Waals surface area contributed by atoms with Crippen LogP contribution in [0.3, 0.4) is 0 Å². The van der Waals surface area contributed by atoms with Gasteiger partial charge in [0.2, 0.25) is 0 Å². The summed E-state index contributed by atoms with van der Waals surface area (Å²) < 4.78 is 11.2. The third-order valence-electron chi connectivity index (χ3n) is 3.33. The summed E-state index contributed by atoms with van der Waals surface area (Å²) in [6, 6.07) is 1.12. The van der Waals surface area contributed by atoms with Crippen LogP contribution < -0.4 is 5.32 Å². The molecule has 0 radical (unpaired) electrons. The smallest absolute Gasteiger partial charge is 0.0249 e. The molecule has 1 heterocycles. The molecule has 0 aromatic carbocycles. The van der Waals surface area contributed by atoms with E-state index in [0.717, 1.165) is 44.0 Å². The van der Waals surface area contributed by atoms with Gasteiger partial charge in [-0.05, 0) is 32.9 Å². The van der Waals surface area contributed by atoms with Gasteiger partial charge >= 0.3 is 0 Å². The molecule has 0 saturated carbocycles. The van der Waals surface area contributed by atoms with Gasteiger partial charge in [-0.3, -0.25) is 4.21 Å². The second-order valence-electron chi connectivity index (χ2n) is 4.68. The van der Waals surface area contributed by atoms with Crippen LogP contribution in [0.2, 0.25) is 0 Å². The van der Waals surface area contributed by atoms with E-state index in [1.807, 2.05) is 0 Å². The molecule has 3 nitrogen and oxygen atoms in total. The summed E-state index contributed by atoms with van der Waals surface area (Å²) in [5.41, 5.74) is 0. The van der Waals surface area contributed by atoms with E-state index in [9.17, 15) is 4.21 Å². The summed E-state index contributed by atoms with van der Waals surface area (Å²) in [5, 5.41) is 3.66. The highest BCUT2D eigenvalue weighted by Crippen LogP contribution is 2.10. The van der Waals surface area contributed by atoms with E-state index in [4.69, 9.17) is 0 Å². The van der Waals surface area contributed by atoms with E-state index >= 15 is 0 Å². The van der Waals surface area contributed by atoms with E-state index in [1.165, 1.54) is 0 Å². The summed E-state index contributed by atoms with van der Waals surface area (Å²) in [6.07, 6.45) is 2.16. The van der Waals surface area contributed by atoms with Crippen molar-refractivity contribution in [2.24, 2.45) is 0 Å². The lowest BCUT2D eigenvalue weighted by atomic mass is 10.1. The van der Waals surface area contributed by atoms with Crippen LogP contribution in [0, 0.1) is 0 Å². The molecular formula is C12H26N2OS. The fraction of sp³-hybridized carbons (Fsp3) is 1.00. The third-order valence-corrected chi connectivity index (χ3v) is 4.72. The normalized spacial score (nSPS) is 28.2. The summed E-state index contributed by atoms with van der Waals surface area (Å²) >= 11 is 0. The summed E-state index contributed by atoms with van der Waals surface area (Å²) in [4.78, 5) is 2.44. The number of nitrogens with one attached hydrogen (secondary N) is 1.